The Hall–Kier alpha value is -1.63. The molecule has 1 aromatic rings. The van der Waals surface area contributed by atoms with Crippen LogP contribution in [0.25, 0.3) is 0 Å². The zero-order valence-corrected chi connectivity index (χ0v) is 10.3. The van der Waals surface area contributed by atoms with Gasteiger partial charge in [-0.05, 0) is 26.3 Å². The van der Waals surface area contributed by atoms with E-state index in [0.29, 0.717) is 11.4 Å². The molecule has 0 spiro atoms. The van der Waals surface area contributed by atoms with Crippen LogP contribution >= 0.6 is 0 Å². The van der Waals surface area contributed by atoms with Crippen molar-refractivity contribution >= 4 is 11.5 Å². The van der Waals surface area contributed by atoms with E-state index >= 15 is 0 Å². The highest BCUT2D eigenvalue weighted by atomic mass is 15.2. The molecule has 0 unspecified atom stereocenters. The Balaban J connectivity index is 3.24. The number of rotatable bonds is 5. The van der Waals surface area contributed by atoms with E-state index in [4.69, 9.17) is 11.0 Å². The summed E-state index contributed by atoms with van der Waals surface area (Å²) >= 11 is 0. The monoisotopic (exact) mass is 220 g/mol. The zero-order valence-electron chi connectivity index (χ0n) is 10.3. The molecule has 88 valence electrons. The molecule has 0 amide bonds. The molecule has 0 aromatic carbocycles. The van der Waals surface area contributed by atoms with E-state index in [2.05, 4.69) is 31.7 Å². The minimum absolute atomic E-state index is 0.654. The number of nitrogens with zero attached hydrogens (tertiary/aromatic N) is 3. The predicted octanol–water partition coefficient (Wildman–Crippen LogP) is 2.20. The van der Waals surface area contributed by atoms with Gasteiger partial charge in [-0.25, -0.2) is 0 Å². The van der Waals surface area contributed by atoms with Gasteiger partial charge >= 0.3 is 0 Å². The molecule has 4 heteroatoms. The first-order chi connectivity index (χ1) is 7.69. The molecule has 0 aliphatic rings. The lowest BCUT2D eigenvalue weighted by Crippen LogP contribution is -2.26. The number of hydrogen-bond acceptors (Lipinski definition) is 3. The second-order valence-corrected chi connectivity index (χ2v) is 3.74. The van der Waals surface area contributed by atoms with Gasteiger partial charge in [-0.2, -0.15) is 5.26 Å². The maximum absolute atomic E-state index is 9.07. The summed E-state index contributed by atoms with van der Waals surface area (Å²) < 4.78 is 2.02. The van der Waals surface area contributed by atoms with Gasteiger partial charge in [-0.3, -0.25) is 0 Å². The van der Waals surface area contributed by atoms with Gasteiger partial charge in [0, 0.05) is 19.6 Å². The number of nitrogen functional groups attached to an aromatic ring is 1. The Kier molecular flexibility index (Phi) is 4.24. The van der Waals surface area contributed by atoms with Gasteiger partial charge in [0.25, 0.3) is 0 Å². The van der Waals surface area contributed by atoms with Gasteiger partial charge in [-0.1, -0.05) is 6.92 Å². The van der Waals surface area contributed by atoms with Crippen molar-refractivity contribution in [2.24, 2.45) is 0 Å². The third-order valence-corrected chi connectivity index (χ3v) is 2.72. The Morgan fingerprint density at radius 3 is 2.44 bits per heavy atom. The van der Waals surface area contributed by atoms with E-state index in [-0.39, 0.29) is 0 Å². The lowest BCUT2D eigenvalue weighted by molar-refractivity contribution is 0.658. The molecular formula is C12H20N4. The summed E-state index contributed by atoms with van der Waals surface area (Å²) in [6.07, 6.45) is 0.997. The van der Waals surface area contributed by atoms with Crippen LogP contribution in [-0.4, -0.2) is 17.7 Å². The van der Waals surface area contributed by atoms with Crippen molar-refractivity contribution < 1.29 is 0 Å². The molecule has 0 radical (unpaired) electrons. The van der Waals surface area contributed by atoms with Crippen LogP contribution in [0, 0.1) is 11.3 Å². The molecule has 4 nitrogen and oxygen atoms in total. The minimum atomic E-state index is 0.654. The van der Waals surface area contributed by atoms with E-state index in [0.717, 1.165) is 31.9 Å². The van der Waals surface area contributed by atoms with Crippen LogP contribution in [-0.2, 0) is 6.54 Å². The smallest absolute Gasteiger partial charge is 0.133 e. The third kappa shape index (κ3) is 2.13. The highest BCUT2D eigenvalue weighted by Crippen LogP contribution is 2.27. The van der Waals surface area contributed by atoms with Gasteiger partial charge in [0.1, 0.15) is 17.6 Å². The van der Waals surface area contributed by atoms with Gasteiger partial charge in [-0.15, -0.1) is 0 Å². The third-order valence-electron chi connectivity index (χ3n) is 2.72. The van der Waals surface area contributed by atoms with Gasteiger partial charge in [0.15, 0.2) is 0 Å². The molecule has 0 aliphatic carbocycles. The largest absolute Gasteiger partial charge is 0.396 e. The number of aromatic nitrogens is 1. The first-order valence-corrected chi connectivity index (χ1v) is 5.83. The van der Waals surface area contributed by atoms with Crippen LogP contribution in [0.5, 0.6) is 0 Å². The van der Waals surface area contributed by atoms with Crippen LogP contribution in [0.2, 0.25) is 0 Å². The molecule has 1 aromatic heterocycles. The molecule has 2 N–H and O–H groups in total. The van der Waals surface area contributed by atoms with Crippen LogP contribution in [0.1, 0.15) is 32.9 Å². The normalized spacial score (nSPS) is 10.1. The molecule has 1 rings (SSSR count). The molecule has 0 atom stereocenters. The molecule has 1 heterocycles. The summed E-state index contributed by atoms with van der Waals surface area (Å²) in [5.74, 6) is 0.989. The quantitative estimate of drug-likeness (QED) is 0.827. The van der Waals surface area contributed by atoms with Crippen LogP contribution in [0.15, 0.2) is 6.07 Å². The summed E-state index contributed by atoms with van der Waals surface area (Å²) in [5.41, 5.74) is 7.34. The van der Waals surface area contributed by atoms with E-state index < -0.39 is 0 Å². The zero-order chi connectivity index (χ0) is 12.1. The van der Waals surface area contributed by atoms with Crippen LogP contribution in [0.4, 0.5) is 11.5 Å². The minimum Gasteiger partial charge on any atom is -0.396 e. The van der Waals surface area contributed by atoms with Crippen LogP contribution in [0.3, 0.4) is 0 Å². The highest BCUT2D eigenvalue weighted by molar-refractivity contribution is 5.67. The fourth-order valence-electron chi connectivity index (χ4n) is 1.98. The maximum Gasteiger partial charge on any atom is 0.133 e. The van der Waals surface area contributed by atoms with E-state index in [1.807, 2.05) is 4.57 Å². The Labute approximate surface area is 97.3 Å². The Morgan fingerprint density at radius 2 is 2.00 bits per heavy atom. The first kappa shape index (κ1) is 12.4. The van der Waals surface area contributed by atoms with Crippen LogP contribution < -0.4 is 10.6 Å². The molecule has 0 aliphatic heterocycles. The summed E-state index contributed by atoms with van der Waals surface area (Å²) in [4.78, 5) is 2.19. The van der Waals surface area contributed by atoms with Crippen molar-refractivity contribution in [3.05, 3.63) is 11.8 Å². The molecule has 0 bridgehead atoms. The molecule has 0 saturated carbocycles. The lowest BCUT2D eigenvalue weighted by Gasteiger charge is -2.24. The van der Waals surface area contributed by atoms with E-state index in [1.54, 1.807) is 6.07 Å². The fourth-order valence-corrected chi connectivity index (χ4v) is 1.98. The van der Waals surface area contributed by atoms with Crippen molar-refractivity contribution in [1.82, 2.24) is 4.57 Å². The Bertz CT molecular complexity index is 382. The average Bonchev–Trinajstić information content (AvgIpc) is 2.59. The summed E-state index contributed by atoms with van der Waals surface area (Å²) in [6, 6.07) is 3.97. The van der Waals surface area contributed by atoms with Gasteiger partial charge in [0.05, 0.1) is 5.69 Å². The fraction of sp³-hybridized carbons (Fsp3) is 0.583. The summed E-state index contributed by atoms with van der Waals surface area (Å²) in [6.45, 7) is 8.93. The maximum atomic E-state index is 9.07. The van der Waals surface area contributed by atoms with E-state index in [1.165, 1.54) is 0 Å². The highest BCUT2D eigenvalue weighted by Gasteiger charge is 2.16. The van der Waals surface area contributed by atoms with Crippen molar-refractivity contribution in [3.63, 3.8) is 0 Å². The number of anilines is 2. The molecular weight excluding hydrogens is 200 g/mol. The van der Waals surface area contributed by atoms with Gasteiger partial charge in [0.2, 0.25) is 0 Å². The molecule has 0 fully saturated rings. The topological polar surface area (TPSA) is 58.0 Å². The first-order valence-electron chi connectivity index (χ1n) is 5.83. The number of nitrogens with two attached hydrogens (primary N) is 1. The molecule has 16 heavy (non-hydrogen) atoms. The second kappa shape index (κ2) is 5.45. The Morgan fingerprint density at radius 1 is 1.38 bits per heavy atom. The number of nitriles is 1. The van der Waals surface area contributed by atoms with E-state index in [9.17, 15) is 0 Å². The molecule has 0 saturated heterocycles. The van der Waals surface area contributed by atoms with Crippen molar-refractivity contribution in [1.29, 1.82) is 5.26 Å². The van der Waals surface area contributed by atoms with Crippen molar-refractivity contribution in [3.8, 4) is 6.07 Å². The summed E-state index contributed by atoms with van der Waals surface area (Å²) in [5, 5.41) is 9.07. The second-order valence-electron chi connectivity index (χ2n) is 3.74. The summed E-state index contributed by atoms with van der Waals surface area (Å²) in [7, 11) is 0. The van der Waals surface area contributed by atoms with Crippen molar-refractivity contribution in [2.45, 2.75) is 33.7 Å². The standard InChI is InChI=1S/C12H20N4/c1-4-7-16-10(9-13)8-11(14)12(16)15(5-2)6-3/h8H,4-7,14H2,1-3H3. The average molecular weight is 220 g/mol. The lowest BCUT2D eigenvalue weighted by atomic mass is 10.4. The van der Waals surface area contributed by atoms with Gasteiger partial charge < -0.3 is 15.2 Å². The SMILES string of the molecule is CCCn1c(C#N)cc(N)c1N(CC)CC. The van der Waals surface area contributed by atoms with Crippen molar-refractivity contribution in [2.75, 3.05) is 23.7 Å². The predicted molar refractivity (Wildman–Crippen MR) is 67.4 cm³/mol. The number of hydrogen-bond donors (Lipinski definition) is 1.